The van der Waals surface area contributed by atoms with Gasteiger partial charge in [0.05, 0.1) is 17.7 Å². The van der Waals surface area contributed by atoms with Gasteiger partial charge in [0.15, 0.2) is 0 Å². The van der Waals surface area contributed by atoms with Crippen LogP contribution in [0.4, 0.5) is 0 Å². The summed E-state index contributed by atoms with van der Waals surface area (Å²) in [6.07, 6.45) is 6.99. The number of benzene rings is 2. The number of carbonyl (C=O) groups is 3. The number of rotatable bonds is 16. The summed E-state index contributed by atoms with van der Waals surface area (Å²) in [6, 6.07) is 13.9. The molecule has 1 aliphatic heterocycles. The van der Waals surface area contributed by atoms with E-state index < -0.39 is 24.0 Å². The maximum Gasteiger partial charge on any atom is 0.338 e. The van der Waals surface area contributed by atoms with Gasteiger partial charge in [-0.05, 0) is 71.4 Å². The van der Waals surface area contributed by atoms with Gasteiger partial charge in [-0.2, -0.15) is 0 Å². The smallest absolute Gasteiger partial charge is 0.338 e. The van der Waals surface area contributed by atoms with E-state index in [0.29, 0.717) is 12.4 Å². The zero-order valence-corrected chi connectivity index (χ0v) is 25.9. The number of hydrogen-bond donors (Lipinski definition) is 1. The van der Waals surface area contributed by atoms with Crippen LogP contribution in [0.5, 0.6) is 5.75 Å². The van der Waals surface area contributed by atoms with Gasteiger partial charge in [-0.3, -0.25) is 0 Å². The van der Waals surface area contributed by atoms with E-state index in [-0.39, 0.29) is 54.5 Å². The fourth-order valence-electron chi connectivity index (χ4n) is 4.59. The lowest BCUT2D eigenvalue weighted by atomic mass is 9.60. The van der Waals surface area contributed by atoms with Crippen molar-refractivity contribution in [3.63, 3.8) is 0 Å². The molecule has 10 heteroatoms. The monoisotopic (exact) mass is 620 g/mol. The lowest BCUT2D eigenvalue weighted by molar-refractivity contribution is -0.138. The third-order valence-corrected chi connectivity index (χ3v) is 8.12. The van der Waals surface area contributed by atoms with E-state index in [1.54, 1.807) is 0 Å². The van der Waals surface area contributed by atoms with Crippen molar-refractivity contribution in [3.05, 3.63) is 102 Å². The van der Waals surface area contributed by atoms with E-state index >= 15 is 0 Å². The fourth-order valence-corrected chi connectivity index (χ4v) is 4.59. The van der Waals surface area contributed by atoms with Crippen molar-refractivity contribution >= 4 is 17.9 Å². The third-order valence-electron chi connectivity index (χ3n) is 8.12. The highest BCUT2D eigenvalue weighted by Gasteiger charge is 2.41. The van der Waals surface area contributed by atoms with Crippen LogP contribution in [0.1, 0.15) is 53.5 Å². The Hall–Kier alpha value is -4.41. The first-order valence-electron chi connectivity index (χ1n) is 14.8. The second kappa shape index (κ2) is 15.0. The summed E-state index contributed by atoms with van der Waals surface area (Å²) in [7, 11) is 0. The molecule has 2 aromatic carbocycles. The van der Waals surface area contributed by atoms with Crippen molar-refractivity contribution in [2.75, 3.05) is 39.6 Å². The Morgan fingerprint density at radius 2 is 1.60 bits per heavy atom. The van der Waals surface area contributed by atoms with Crippen LogP contribution in [-0.4, -0.2) is 74.9 Å². The molecule has 240 valence electrons. The second-order valence-electron chi connectivity index (χ2n) is 11.6. The van der Waals surface area contributed by atoms with Gasteiger partial charge in [-0.15, -0.1) is 0 Å². The van der Waals surface area contributed by atoms with E-state index in [4.69, 9.17) is 28.4 Å². The van der Waals surface area contributed by atoms with Gasteiger partial charge in [-0.1, -0.05) is 45.6 Å². The van der Waals surface area contributed by atoms with E-state index in [1.807, 2.05) is 24.3 Å². The Morgan fingerprint density at radius 1 is 0.978 bits per heavy atom. The molecule has 2 unspecified atom stereocenters. The van der Waals surface area contributed by atoms with Crippen LogP contribution in [0.2, 0.25) is 0 Å². The van der Waals surface area contributed by atoms with Crippen molar-refractivity contribution in [1.82, 2.24) is 0 Å². The first-order chi connectivity index (χ1) is 21.5. The van der Waals surface area contributed by atoms with Gasteiger partial charge in [0, 0.05) is 6.08 Å². The van der Waals surface area contributed by atoms with Crippen LogP contribution in [0.3, 0.4) is 0 Å². The lowest BCUT2D eigenvalue weighted by Gasteiger charge is -2.44. The molecule has 0 bridgehead atoms. The summed E-state index contributed by atoms with van der Waals surface area (Å²) in [5, 5.41) is 10.4. The average molecular weight is 621 g/mol. The van der Waals surface area contributed by atoms with Crippen molar-refractivity contribution < 1.29 is 47.9 Å². The Balaban J connectivity index is 1.18. The van der Waals surface area contributed by atoms with Gasteiger partial charge in [0.1, 0.15) is 56.8 Å². The molecule has 0 spiro atoms. The summed E-state index contributed by atoms with van der Waals surface area (Å²) in [5.74, 6) is -0.433. The maximum absolute atomic E-state index is 12.4. The van der Waals surface area contributed by atoms with Crippen LogP contribution in [0, 0.1) is 5.41 Å². The molecular formula is C35H40O10. The van der Waals surface area contributed by atoms with Gasteiger partial charge in [0.25, 0.3) is 0 Å². The van der Waals surface area contributed by atoms with Crippen molar-refractivity contribution in [2.45, 2.75) is 44.8 Å². The number of hydrogen-bond acceptors (Lipinski definition) is 10. The molecule has 0 amide bonds. The van der Waals surface area contributed by atoms with Gasteiger partial charge in [-0.25, -0.2) is 14.4 Å². The first kappa shape index (κ1) is 33.5. The minimum Gasteiger partial charge on any atom is -0.491 e. The number of ether oxygens (including phenoxy) is 6. The number of allylic oxidation sites excluding steroid dienone is 3. The van der Waals surface area contributed by atoms with Crippen LogP contribution in [0.15, 0.2) is 85.2 Å². The zero-order chi connectivity index (χ0) is 32.5. The minimum absolute atomic E-state index is 0.0518. The van der Waals surface area contributed by atoms with Crippen molar-refractivity contribution in [2.24, 2.45) is 5.41 Å². The molecular weight excluding hydrogens is 580 g/mol. The summed E-state index contributed by atoms with van der Waals surface area (Å²) in [6.45, 7) is 10.7. The van der Waals surface area contributed by atoms with Crippen LogP contribution >= 0.6 is 0 Å². The maximum atomic E-state index is 12.4. The zero-order valence-electron chi connectivity index (χ0n) is 25.9. The third kappa shape index (κ3) is 9.29. The second-order valence-corrected chi connectivity index (χ2v) is 11.6. The van der Waals surface area contributed by atoms with Crippen molar-refractivity contribution in [1.29, 1.82) is 0 Å². The summed E-state index contributed by atoms with van der Waals surface area (Å²) in [4.78, 5) is 35.5. The number of epoxide rings is 1. The van der Waals surface area contributed by atoms with Gasteiger partial charge in [0.2, 0.25) is 0 Å². The number of carbonyl (C=O) groups excluding carboxylic acids is 3. The standard InChI is InChI=1S/C35H40O10/c1-5-31(37)40-18-19-41-32(38)24-6-8-25(9-7-24)33(39)45-21-27(36)20-42-29-14-16-35(4,17-15-29)34(2,3)26-10-12-28(13-11-26)43-22-30-23-44-30/h5-16,27,30,36H,1,17-23H2,2-4H3/t27?,30-,35?/m0/s1. The predicted molar refractivity (Wildman–Crippen MR) is 165 cm³/mol. The number of aliphatic hydroxyl groups is 1. The molecule has 3 atom stereocenters. The SMILES string of the molecule is C=CC(=O)OCCOC(=O)c1ccc(C(=O)OCC(O)COC2=CCC(C)(C(C)(C)c3ccc(OC[C@H]4CO4)cc3)C=C2)cc1. The minimum atomic E-state index is -1.04. The van der Waals surface area contributed by atoms with Crippen molar-refractivity contribution in [3.8, 4) is 5.75 Å². The van der Waals surface area contributed by atoms with E-state index in [1.165, 1.54) is 29.8 Å². The normalized spacial score (nSPS) is 19.5. The molecule has 10 nitrogen and oxygen atoms in total. The lowest BCUT2D eigenvalue weighted by Crippen LogP contribution is -2.38. The summed E-state index contributed by atoms with van der Waals surface area (Å²) in [5.41, 5.74) is 1.25. The molecule has 1 aliphatic carbocycles. The van der Waals surface area contributed by atoms with E-state index in [2.05, 4.69) is 45.6 Å². The van der Waals surface area contributed by atoms with E-state index in [9.17, 15) is 19.5 Å². The molecule has 1 fully saturated rings. The molecule has 2 aromatic rings. The molecule has 1 saturated heterocycles. The number of aliphatic hydroxyl groups excluding tert-OH is 1. The largest absolute Gasteiger partial charge is 0.491 e. The predicted octanol–water partition coefficient (Wildman–Crippen LogP) is 4.71. The molecule has 45 heavy (non-hydrogen) atoms. The Morgan fingerprint density at radius 3 is 2.18 bits per heavy atom. The highest BCUT2D eigenvalue weighted by molar-refractivity contribution is 5.93. The van der Waals surface area contributed by atoms with Crippen LogP contribution in [-0.2, 0) is 33.9 Å². The highest BCUT2D eigenvalue weighted by atomic mass is 16.6. The summed E-state index contributed by atoms with van der Waals surface area (Å²) < 4.78 is 31.7. The van der Waals surface area contributed by atoms with Crippen LogP contribution in [0.25, 0.3) is 0 Å². The topological polar surface area (TPSA) is 130 Å². The average Bonchev–Trinajstić information content (AvgIpc) is 3.89. The number of esters is 3. The van der Waals surface area contributed by atoms with Gasteiger partial charge >= 0.3 is 17.9 Å². The molecule has 1 heterocycles. The first-order valence-corrected chi connectivity index (χ1v) is 14.8. The molecule has 2 aliphatic rings. The molecule has 0 saturated carbocycles. The Bertz CT molecular complexity index is 1400. The molecule has 0 radical (unpaired) electrons. The molecule has 4 rings (SSSR count). The Kier molecular flexibility index (Phi) is 11.2. The molecule has 1 N–H and O–H groups in total. The highest BCUT2D eigenvalue weighted by Crippen LogP contribution is 2.47. The quantitative estimate of drug-likeness (QED) is 0.0926. The molecule has 0 aromatic heterocycles. The fraction of sp³-hybridized carbons (Fsp3) is 0.400. The Labute approximate surface area is 263 Å². The van der Waals surface area contributed by atoms with Gasteiger partial charge < -0.3 is 33.5 Å². The van der Waals surface area contributed by atoms with E-state index in [0.717, 1.165) is 24.9 Å². The summed E-state index contributed by atoms with van der Waals surface area (Å²) >= 11 is 0. The van der Waals surface area contributed by atoms with Crippen LogP contribution < -0.4 is 4.74 Å².